The molecule has 3 saturated heterocycles. The molecule has 170 valence electrons. The van der Waals surface area contributed by atoms with E-state index in [0.717, 1.165) is 11.8 Å². The number of rotatable bonds is 6. The summed E-state index contributed by atoms with van der Waals surface area (Å²) in [7, 11) is 0. The molecule has 0 aliphatic carbocycles. The molecule has 1 aromatic rings. The molecule has 0 N–H and O–H groups in total. The van der Waals surface area contributed by atoms with Gasteiger partial charge >= 0.3 is 0 Å². The van der Waals surface area contributed by atoms with Crippen molar-refractivity contribution in [3.63, 3.8) is 0 Å². The van der Waals surface area contributed by atoms with Crippen molar-refractivity contribution in [2.24, 2.45) is 0 Å². The SMILES string of the molecule is CC(=O)N(Cc1ccccc1)[C@@H](CC=O)[C@H]1O[C@@H]2OC(C)(C)O[C@@H]2[C@H]2OC(C)(C)O[C@H]21. The van der Waals surface area contributed by atoms with Gasteiger partial charge in [-0.25, -0.2) is 0 Å². The van der Waals surface area contributed by atoms with E-state index < -0.39 is 48.3 Å². The maximum atomic E-state index is 12.7. The first-order chi connectivity index (χ1) is 14.6. The Labute approximate surface area is 182 Å². The third-order valence-electron chi connectivity index (χ3n) is 5.91. The Bertz CT molecular complexity index is 811. The van der Waals surface area contributed by atoms with Crippen LogP contribution in [0.4, 0.5) is 0 Å². The molecule has 0 aromatic heterocycles. The third kappa shape index (κ3) is 4.54. The lowest BCUT2D eigenvalue weighted by Gasteiger charge is -2.44. The van der Waals surface area contributed by atoms with Crippen molar-refractivity contribution < 1.29 is 33.3 Å². The minimum atomic E-state index is -0.853. The van der Waals surface area contributed by atoms with Crippen LogP contribution < -0.4 is 0 Å². The van der Waals surface area contributed by atoms with Gasteiger partial charge in [0.2, 0.25) is 5.91 Å². The molecule has 8 nitrogen and oxygen atoms in total. The zero-order valence-corrected chi connectivity index (χ0v) is 18.6. The summed E-state index contributed by atoms with van der Waals surface area (Å²) in [5.41, 5.74) is 0.962. The maximum absolute atomic E-state index is 12.7. The van der Waals surface area contributed by atoms with Crippen LogP contribution in [-0.2, 0) is 39.8 Å². The van der Waals surface area contributed by atoms with E-state index in [1.165, 1.54) is 6.92 Å². The Morgan fingerprint density at radius 2 is 1.61 bits per heavy atom. The van der Waals surface area contributed by atoms with Gasteiger partial charge in [0, 0.05) is 19.9 Å². The molecule has 0 bridgehead atoms. The highest BCUT2D eigenvalue weighted by Crippen LogP contribution is 2.45. The molecule has 4 rings (SSSR count). The highest BCUT2D eigenvalue weighted by molar-refractivity contribution is 5.74. The fourth-order valence-corrected chi connectivity index (χ4v) is 4.73. The molecule has 3 aliphatic heterocycles. The van der Waals surface area contributed by atoms with Crippen LogP contribution in [-0.4, -0.2) is 65.4 Å². The summed E-state index contributed by atoms with van der Waals surface area (Å²) in [5.74, 6) is -1.84. The Kier molecular flexibility index (Phi) is 5.95. The van der Waals surface area contributed by atoms with Crippen LogP contribution in [0.2, 0.25) is 0 Å². The predicted octanol–water partition coefficient (Wildman–Crippen LogP) is 2.39. The van der Waals surface area contributed by atoms with Crippen molar-refractivity contribution >= 4 is 12.2 Å². The first-order valence-electron chi connectivity index (χ1n) is 10.7. The first-order valence-corrected chi connectivity index (χ1v) is 10.7. The zero-order chi connectivity index (χ0) is 22.4. The fraction of sp³-hybridized carbons (Fsp3) is 0.652. The minimum absolute atomic E-state index is 0.103. The van der Waals surface area contributed by atoms with Crippen molar-refractivity contribution in [1.29, 1.82) is 0 Å². The molecule has 1 aromatic carbocycles. The maximum Gasteiger partial charge on any atom is 0.220 e. The predicted molar refractivity (Wildman–Crippen MR) is 110 cm³/mol. The highest BCUT2D eigenvalue weighted by Gasteiger charge is 2.62. The van der Waals surface area contributed by atoms with Gasteiger partial charge in [-0.15, -0.1) is 0 Å². The quantitative estimate of drug-likeness (QED) is 0.637. The van der Waals surface area contributed by atoms with E-state index in [0.29, 0.717) is 6.54 Å². The topological polar surface area (TPSA) is 83.5 Å². The van der Waals surface area contributed by atoms with E-state index in [1.54, 1.807) is 4.90 Å². The number of hydrogen-bond acceptors (Lipinski definition) is 7. The highest BCUT2D eigenvalue weighted by atomic mass is 16.9. The average molecular weight is 434 g/mol. The lowest BCUT2D eigenvalue weighted by Crippen LogP contribution is -2.62. The summed E-state index contributed by atoms with van der Waals surface area (Å²) < 4.78 is 30.7. The van der Waals surface area contributed by atoms with Crippen LogP contribution in [0.15, 0.2) is 30.3 Å². The number of nitrogens with zero attached hydrogens (tertiary/aromatic N) is 1. The van der Waals surface area contributed by atoms with Crippen LogP contribution in [0, 0.1) is 0 Å². The van der Waals surface area contributed by atoms with Gasteiger partial charge in [0.1, 0.15) is 30.7 Å². The number of fused-ring (bicyclic) bond motifs is 3. The first kappa shape index (κ1) is 22.4. The lowest BCUT2D eigenvalue weighted by molar-refractivity contribution is -0.246. The minimum Gasteiger partial charge on any atom is -0.342 e. The lowest BCUT2D eigenvalue weighted by atomic mass is 9.91. The number of ether oxygens (including phenoxy) is 5. The Balaban J connectivity index is 1.67. The molecule has 8 heteroatoms. The van der Waals surface area contributed by atoms with Crippen LogP contribution in [0.25, 0.3) is 0 Å². The van der Waals surface area contributed by atoms with Gasteiger partial charge in [0.15, 0.2) is 17.9 Å². The number of amides is 1. The number of hydrogen-bond donors (Lipinski definition) is 0. The van der Waals surface area contributed by atoms with E-state index in [2.05, 4.69) is 0 Å². The molecule has 1 amide bonds. The Morgan fingerprint density at radius 1 is 1.00 bits per heavy atom. The number of benzene rings is 1. The van der Waals surface area contributed by atoms with Gasteiger partial charge < -0.3 is 33.4 Å². The molecule has 3 heterocycles. The molecule has 3 aliphatic rings. The zero-order valence-electron chi connectivity index (χ0n) is 18.6. The van der Waals surface area contributed by atoms with Crippen molar-refractivity contribution in [1.82, 2.24) is 4.90 Å². The summed E-state index contributed by atoms with van der Waals surface area (Å²) in [6, 6.07) is 9.11. The van der Waals surface area contributed by atoms with Crippen LogP contribution in [0.1, 0.15) is 46.6 Å². The summed E-state index contributed by atoms with van der Waals surface area (Å²) in [4.78, 5) is 26.0. The van der Waals surface area contributed by atoms with Crippen molar-refractivity contribution in [2.45, 2.75) is 95.9 Å². The van der Waals surface area contributed by atoms with E-state index >= 15 is 0 Å². The van der Waals surface area contributed by atoms with Crippen molar-refractivity contribution in [3.8, 4) is 0 Å². The van der Waals surface area contributed by atoms with Crippen molar-refractivity contribution in [3.05, 3.63) is 35.9 Å². The van der Waals surface area contributed by atoms with Gasteiger partial charge in [-0.2, -0.15) is 0 Å². The molecule has 0 radical (unpaired) electrons. The Morgan fingerprint density at radius 3 is 2.26 bits per heavy atom. The van der Waals surface area contributed by atoms with Crippen LogP contribution in [0.3, 0.4) is 0 Å². The van der Waals surface area contributed by atoms with Gasteiger partial charge in [-0.05, 0) is 33.3 Å². The number of carbonyl (C=O) groups is 2. The second-order valence-electron chi connectivity index (χ2n) is 9.24. The van der Waals surface area contributed by atoms with Gasteiger partial charge in [0.25, 0.3) is 0 Å². The van der Waals surface area contributed by atoms with Gasteiger partial charge in [-0.3, -0.25) is 4.79 Å². The second-order valence-corrected chi connectivity index (χ2v) is 9.24. The van der Waals surface area contributed by atoms with Gasteiger partial charge in [0.05, 0.1) is 6.04 Å². The summed E-state index contributed by atoms with van der Waals surface area (Å²) in [5, 5.41) is 0. The average Bonchev–Trinajstić information content (AvgIpc) is 3.18. The molecular formula is C23H31NO7. The van der Waals surface area contributed by atoms with E-state index in [9.17, 15) is 9.59 Å². The van der Waals surface area contributed by atoms with Crippen molar-refractivity contribution in [2.75, 3.05) is 0 Å². The van der Waals surface area contributed by atoms with E-state index in [4.69, 9.17) is 23.7 Å². The summed E-state index contributed by atoms with van der Waals surface area (Å²) >= 11 is 0. The van der Waals surface area contributed by atoms with E-state index in [-0.39, 0.29) is 12.3 Å². The molecule has 0 spiro atoms. The molecule has 0 saturated carbocycles. The third-order valence-corrected chi connectivity index (χ3v) is 5.91. The largest absolute Gasteiger partial charge is 0.342 e. The number of carbonyl (C=O) groups excluding carboxylic acids is 2. The monoisotopic (exact) mass is 433 g/mol. The standard InChI is InChI=1S/C23H31NO7/c1-14(26)24(13-15-9-7-6-8-10-15)16(11-12-25)17-18-19(29-22(2,3)28-18)20-21(27-17)31-23(4,5)30-20/h6-10,12,16-21H,11,13H2,1-5H3/t16-,17+,18-,19-,20+,21+/m0/s1. The molecule has 3 fully saturated rings. The summed E-state index contributed by atoms with van der Waals surface area (Å²) in [6.07, 6.45) is -1.81. The second kappa shape index (κ2) is 8.26. The molecule has 0 unspecified atom stereocenters. The van der Waals surface area contributed by atoms with Crippen LogP contribution in [0.5, 0.6) is 0 Å². The summed E-state index contributed by atoms with van der Waals surface area (Å²) in [6.45, 7) is 9.16. The molecule has 31 heavy (non-hydrogen) atoms. The number of aldehydes is 1. The van der Waals surface area contributed by atoms with Gasteiger partial charge in [-0.1, -0.05) is 30.3 Å². The van der Waals surface area contributed by atoms with Crippen LogP contribution >= 0.6 is 0 Å². The molecular weight excluding hydrogens is 402 g/mol. The molecule has 6 atom stereocenters. The smallest absolute Gasteiger partial charge is 0.220 e. The Hall–Kier alpha value is -1.84. The normalized spacial score (nSPS) is 33.9. The fourth-order valence-electron chi connectivity index (χ4n) is 4.73. The van der Waals surface area contributed by atoms with E-state index in [1.807, 2.05) is 58.0 Å².